The van der Waals surface area contributed by atoms with Gasteiger partial charge in [-0.3, -0.25) is 0 Å². The molecule has 1 aromatic heterocycles. The standard InChI is InChI=1S/C8H12N4O2/c1-5-4-6(7(13)14)12-8(11-5)10-3-2-9/h4H,2-3,9H2,1H3,(H,13,14)(H,10,11,12). The summed E-state index contributed by atoms with van der Waals surface area (Å²) in [6, 6.07) is 1.41. The molecule has 0 unspecified atom stereocenters. The second-order valence-corrected chi connectivity index (χ2v) is 2.74. The maximum atomic E-state index is 10.6. The molecule has 0 aliphatic heterocycles. The van der Waals surface area contributed by atoms with Crippen LogP contribution in [0.25, 0.3) is 0 Å². The second kappa shape index (κ2) is 4.52. The van der Waals surface area contributed by atoms with Crippen LogP contribution in [0.5, 0.6) is 0 Å². The molecule has 0 aliphatic rings. The highest BCUT2D eigenvalue weighted by Gasteiger charge is 2.07. The summed E-state index contributed by atoms with van der Waals surface area (Å²) in [6.45, 7) is 2.67. The van der Waals surface area contributed by atoms with Crippen LogP contribution >= 0.6 is 0 Å². The summed E-state index contributed by atoms with van der Waals surface area (Å²) in [7, 11) is 0. The highest BCUT2D eigenvalue weighted by molar-refractivity contribution is 5.85. The highest BCUT2D eigenvalue weighted by atomic mass is 16.4. The lowest BCUT2D eigenvalue weighted by molar-refractivity contribution is 0.0690. The molecule has 0 aliphatic carbocycles. The molecule has 76 valence electrons. The van der Waals surface area contributed by atoms with Gasteiger partial charge in [0.2, 0.25) is 5.95 Å². The number of anilines is 1. The molecule has 1 rings (SSSR count). The van der Waals surface area contributed by atoms with Gasteiger partial charge in [-0.2, -0.15) is 0 Å². The normalized spacial score (nSPS) is 9.86. The molecule has 14 heavy (non-hydrogen) atoms. The van der Waals surface area contributed by atoms with Gasteiger partial charge in [0.1, 0.15) is 0 Å². The molecule has 0 saturated carbocycles. The van der Waals surface area contributed by atoms with E-state index in [1.807, 2.05) is 0 Å². The van der Waals surface area contributed by atoms with E-state index in [1.165, 1.54) is 6.07 Å². The first-order valence-electron chi connectivity index (χ1n) is 4.16. The van der Waals surface area contributed by atoms with Crippen LogP contribution < -0.4 is 11.1 Å². The second-order valence-electron chi connectivity index (χ2n) is 2.74. The van der Waals surface area contributed by atoms with Crippen molar-refractivity contribution >= 4 is 11.9 Å². The van der Waals surface area contributed by atoms with Gasteiger partial charge in [-0.05, 0) is 13.0 Å². The molecule has 0 saturated heterocycles. The third-order valence-corrected chi connectivity index (χ3v) is 1.50. The number of hydrogen-bond acceptors (Lipinski definition) is 5. The topological polar surface area (TPSA) is 101 Å². The molecule has 0 atom stereocenters. The van der Waals surface area contributed by atoms with E-state index in [1.54, 1.807) is 6.92 Å². The number of aromatic carboxylic acids is 1. The molecule has 0 bridgehead atoms. The molecule has 1 aromatic rings. The number of carboxylic acids is 1. The summed E-state index contributed by atoms with van der Waals surface area (Å²) in [5.41, 5.74) is 5.87. The Kier molecular flexibility index (Phi) is 3.35. The zero-order valence-electron chi connectivity index (χ0n) is 7.82. The maximum Gasteiger partial charge on any atom is 0.354 e. The predicted molar refractivity (Wildman–Crippen MR) is 51.3 cm³/mol. The van der Waals surface area contributed by atoms with Crippen molar-refractivity contribution in [2.75, 3.05) is 18.4 Å². The quantitative estimate of drug-likeness (QED) is 0.619. The maximum absolute atomic E-state index is 10.6. The van der Waals surface area contributed by atoms with Gasteiger partial charge in [-0.1, -0.05) is 0 Å². The number of rotatable bonds is 4. The van der Waals surface area contributed by atoms with Crippen LogP contribution in [-0.2, 0) is 0 Å². The van der Waals surface area contributed by atoms with E-state index < -0.39 is 5.97 Å². The zero-order valence-corrected chi connectivity index (χ0v) is 7.82. The fourth-order valence-corrected chi connectivity index (χ4v) is 0.941. The molecular weight excluding hydrogens is 184 g/mol. The summed E-state index contributed by atoms with van der Waals surface area (Å²) in [4.78, 5) is 18.4. The number of carbonyl (C=O) groups is 1. The van der Waals surface area contributed by atoms with Crippen LogP contribution in [-0.4, -0.2) is 34.1 Å². The van der Waals surface area contributed by atoms with Crippen LogP contribution in [0.15, 0.2) is 6.07 Å². The summed E-state index contributed by atoms with van der Waals surface area (Å²) in [5.74, 6) is -0.765. The van der Waals surface area contributed by atoms with E-state index in [0.717, 1.165) is 0 Å². The lowest BCUT2D eigenvalue weighted by atomic mass is 10.3. The fourth-order valence-electron chi connectivity index (χ4n) is 0.941. The van der Waals surface area contributed by atoms with Gasteiger partial charge < -0.3 is 16.2 Å². The molecule has 0 fully saturated rings. The lowest BCUT2D eigenvalue weighted by Gasteiger charge is -2.04. The minimum Gasteiger partial charge on any atom is -0.477 e. The first-order valence-corrected chi connectivity index (χ1v) is 4.16. The minimum atomic E-state index is -1.06. The smallest absolute Gasteiger partial charge is 0.354 e. The summed E-state index contributed by atoms with van der Waals surface area (Å²) >= 11 is 0. The van der Waals surface area contributed by atoms with Crippen molar-refractivity contribution in [3.05, 3.63) is 17.5 Å². The Morgan fingerprint density at radius 2 is 2.36 bits per heavy atom. The molecule has 0 spiro atoms. The van der Waals surface area contributed by atoms with Gasteiger partial charge in [0.05, 0.1) is 0 Å². The number of carboxylic acid groups (broad SMARTS) is 1. The molecule has 0 aromatic carbocycles. The van der Waals surface area contributed by atoms with Gasteiger partial charge in [0.25, 0.3) is 0 Å². The summed E-state index contributed by atoms with van der Waals surface area (Å²) in [5, 5.41) is 11.5. The van der Waals surface area contributed by atoms with Crippen molar-refractivity contribution in [3.8, 4) is 0 Å². The Morgan fingerprint density at radius 1 is 1.64 bits per heavy atom. The van der Waals surface area contributed by atoms with Gasteiger partial charge >= 0.3 is 5.97 Å². The largest absolute Gasteiger partial charge is 0.477 e. The summed E-state index contributed by atoms with van der Waals surface area (Å²) < 4.78 is 0. The minimum absolute atomic E-state index is 0.0166. The van der Waals surface area contributed by atoms with E-state index in [0.29, 0.717) is 24.7 Å². The third-order valence-electron chi connectivity index (χ3n) is 1.50. The van der Waals surface area contributed by atoms with Crippen LogP contribution in [0.4, 0.5) is 5.95 Å². The Labute approximate surface area is 81.2 Å². The van der Waals surface area contributed by atoms with E-state index in [-0.39, 0.29) is 5.69 Å². The van der Waals surface area contributed by atoms with E-state index >= 15 is 0 Å². The highest BCUT2D eigenvalue weighted by Crippen LogP contribution is 2.04. The number of nitrogens with two attached hydrogens (primary N) is 1. The van der Waals surface area contributed by atoms with Crippen molar-refractivity contribution in [3.63, 3.8) is 0 Å². The molecule has 4 N–H and O–H groups in total. The van der Waals surface area contributed by atoms with Crippen LogP contribution in [0.1, 0.15) is 16.2 Å². The van der Waals surface area contributed by atoms with Crippen LogP contribution in [0.3, 0.4) is 0 Å². The predicted octanol–water partition coefficient (Wildman–Crippen LogP) is -0.146. The fraction of sp³-hybridized carbons (Fsp3) is 0.375. The Hall–Kier alpha value is -1.69. The average molecular weight is 196 g/mol. The Morgan fingerprint density at radius 3 is 2.93 bits per heavy atom. The number of hydrogen-bond donors (Lipinski definition) is 3. The molecule has 0 amide bonds. The SMILES string of the molecule is Cc1cc(C(=O)O)nc(NCCN)n1. The zero-order chi connectivity index (χ0) is 10.6. The first kappa shape index (κ1) is 10.4. The lowest BCUT2D eigenvalue weighted by Crippen LogP contribution is -2.16. The van der Waals surface area contributed by atoms with Gasteiger partial charge in [0.15, 0.2) is 5.69 Å². The molecule has 0 radical (unpaired) electrons. The van der Waals surface area contributed by atoms with Crippen molar-refractivity contribution in [2.24, 2.45) is 5.73 Å². The monoisotopic (exact) mass is 196 g/mol. The number of aromatic nitrogens is 2. The number of nitrogens with one attached hydrogen (secondary N) is 1. The Bertz CT molecular complexity index is 340. The van der Waals surface area contributed by atoms with Crippen molar-refractivity contribution in [2.45, 2.75) is 6.92 Å². The number of nitrogens with zero attached hydrogens (tertiary/aromatic N) is 2. The van der Waals surface area contributed by atoms with Crippen LogP contribution in [0.2, 0.25) is 0 Å². The van der Waals surface area contributed by atoms with E-state index in [9.17, 15) is 4.79 Å². The molecular formula is C8H12N4O2. The molecule has 6 heteroatoms. The Balaban J connectivity index is 2.89. The van der Waals surface area contributed by atoms with Gasteiger partial charge in [-0.25, -0.2) is 14.8 Å². The van der Waals surface area contributed by atoms with E-state index in [2.05, 4.69) is 15.3 Å². The third kappa shape index (κ3) is 2.67. The van der Waals surface area contributed by atoms with Gasteiger partial charge in [0, 0.05) is 18.8 Å². The first-order chi connectivity index (χ1) is 6.63. The molecule has 1 heterocycles. The summed E-state index contributed by atoms with van der Waals surface area (Å²) in [6.07, 6.45) is 0. The van der Waals surface area contributed by atoms with Crippen molar-refractivity contribution < 1.29 is 9.90 Å². The van der Waals surface area contributed by atoms with Crippen LogP contribution in [0, 0.1) is 6.92 Å². The number of aryl methyl sites for hydroxylation is 1. The van der Waals surface area contributed by atoms with Crippen molar-refractivity contribution in [1.29, 1.82) is 0 Å². The average Bonchev–Trinajstić information content (AvgIpc) is 2.14. The van der Waals surface area contributed by atoms with E-state index in [4.69, 9.17) is 10.8 Å². The molecule has 6 nitrogen and oxygen atoms in total. The van der Waals surface area contributed by atoms with Gasteiger partial charge in [-0.15, -0.1) is 0 Å². The van der Waals surface area contributed by atoms with Crippen molar-refractivity contribution in [1.82, 2.24) is 9.97 Å².